The number of likely N-dealkylation sites (N-methyl/N-ethyl adjacent to an activating group) is 1. The number of carbonyl (C=O) groups is 1. The van der Waals surface area contributed by atoms with Gasteiger partial charge in [-0.05, 0) is 12.8 Å². The monoisotopic (exact) mass is 214 g/mol. The van der Waals surface area contributed by atoms with Crippen molar-refractivity contribution in [1.82, 2.24) is 10.6 Å². The van der Waals surface area contributed by atoms with Crippen LogP contribution in [-0.2, 0) is 4.79 Å². The molecule has 4 heteroatoms. The van der Waals surface area contributed by atoms with Crippen LogP contribution in [0.25, 0.3) is 0 Å². The Hall–Kier alpha value is -0.610. The summed E-state index contributed by atoms with van der Waals surface area (Å²) in [5.41, 5.74) is 0.0201. The van der Waals surface area contributed by atoms with E-state index in [0.29, 0.717) is 6.54 Å². The zero-order valence-electron chi connectivity index (χ0n) is 9.51. The molecule has 1 saturated carbocycles. The average molecular weight is 214 g/mol. The molecule has 0 aromatic heterocycles. The summed E-state index contributed by atoms with van der Waals surface area (Å²) < 4.78 is 0. The molecule has 1 aliphatic carbocycles. The van der Waals surface area contributed by atoms with Gasteiger partial charge in [-0.25, -0.2) is 0 Å². The van der Waals surface area contributed by atoms with Gasteiger partial charge in [0.15, 0.2) is 0 Å². The first-order valence-corrected chi connectivity index (χ1v) is 5.75. The van der Waals surface area contributed by atoms with Crippen molar-refractivity contribution in [2.24, 2.45) is 5.41 Å². The lowest BCUT2D eigenvalue weighted by molar-refractivity contribution is -0.119. The molecule has 0 bridgehead atoms. The van der Waals surface area contributed by atoms with E-state index in [1.54, 1.807) is 7.05 Å². The van der Waals surface area contributed by atoms with Crippen LogP contribution in [0, 0.1) is 5.41 Å². The lowest BCUT2D eigenvalue weighted by atomic mass is 9.74. The molecule has 0 saturated heterocycles. The van der Waals surface area contributed by atoms with Crippen LogP contribution in [0.5, 0.6) is 0 Å². The number of nitrogens with one attached hydrogen (secondary N) is 2. The van der Waals surface area contributed by atoms with E-state index in [0.717, 1.165) is 19.4 Å². The second kappa shape index (κ2) is 6.08. The predicted octanol–water partition coefficient (Wildman–Crippen LogP) is 0.265. The maximum Gasteiger partial charge on any atom is 0.233 e. The number of carbonyl (C=O) groups excluding carboxylic acids is 1. The minimum atomic E-state index is -0.00102. The van der Waals surface area contributed by atoms with E-state index in [9.17, 15) is 9.90 Å². The third-order valence-corrected chi connectivity index (χ3v) is 3.31. The number of aliphatic hydroxyl groups excluding tert-OH is 1. The fraction of sp³-hybridized carbons (Fsp3) is 0.909. The molecule has 0 radical (unpaired) electrons. The molecule has 1 aliphatic rings. The molecule has 3 N–H and O–H groups in total. The van der Waals surface area contributed by atoms with E-state index in [1.165, 1.54) is 19.3 Å². The number of hydrogen-bond acceptors (Lipinski definition) is 3. The highest BCUT2D eigenvalue weighted by Crippen LogP contribution is 2.34. The van der Waals surface area contributed by atoms with E-state index < -0.39 is 0 Å². The standard InChI is InChI=1S/C11H22N2O2/c1-12-10(15)7-13-8-11(9-14)5-3-2-4-6-11/h13-14H,2-9H2,1H3,(H,12,15). The lowest BCUT2D eigenvalue weighted by Gasteiger charge is -2.35. The number of amides is 1. The predicted molar refractivity (Wildman–Crippen MR) is 59.5 cm³/mol. The largest absolute Gasteiger partial charge is 0.396 e. The Kier molecular flexibility index (Phi) is 5.05. The topological polar surface area (TPSA) is 61.4 Å². The number of rotatable bonds is 5. The molecule has 88 valence electrons. The first-order chi connectivity index (χ1) is 7.22. The van der Waals surface area contributed by atoms with Crippen molar-refractivity contribution in [2.45, 2.75) is 32.1 Å². The van der Waals surface area contributed by atoms with Crippen LogP contribution in [0.2, 0.25) is 0 Å². The summed E-state index contributed by atoms with van der Waals surface area (Å²) in [7, 11) is 1.63. The normalized spacial score (nSPS) is 19.9. The highest BCUT2D eigenvalue weighted by Gasteiger charge is 2.30. The molecule has 1 rings (SSSR count). The summed E-state index contributed by atoms with van der Waals surface area (Å²) in [6.07, 6.45) is 5.82. The van der Waals surface area contributed by atoms with Crippen molar-refractivity contribution in [2.75, 3.05) is 26.7 Å². The van der Waals surface area contributed by atoms with Gasteiger partial charge in [0.25, 0.3) is 0 Å². The van der Waals surface area contributed by atoms with Crippen molar-refractivity contribution in [3.8, 4) is 0 Å². The van der Waals surface area contributed by atoms with Crippen molar-refractivity contribution in [3.05, 3.63) is 0 Å². The van der Waals surface area contributed by atoms with Gasteiger partial charge in [0.1, 0.15) is 0 Å². The SMILES string of the molecule is CNC(=O)CNCC1(CO)CCCCC1. The molecule has 1 amide bonds. The second-order valence-electron chi connectivity index (χ2n) is 4.50. The third kappa shape index (κ3) is 3.80. The van der Waals surface area contributed by atoms with Crippen LogP contribution < -0.4 is 10.6 Å². The zero-order chi connectivity index (χ0) is 11.1. The van der Waals surface area contributed by atoms with E-state index >= 15 is 0 Å². The summed E-state index contributed by atoms with van der Waals surface area (Å²) in [4.78, 5) is 11.0. The fourth-order valence-corrected chi connectivity index (χ4v) is 2.22. The zero-order valence-corrected chi connectivity index (χ0v) is 9.51. The van der Waals surface area contributed by atoms with Crippen molar-refractivity contribution < 1.29 is 9.90 Å². The first kappa shape index (κ1) is 12.5. The molecule has 0 heterocycles. The Morgan fingerprint density at radius 2 is 2.00 bits per heavy atom. The molecule has 4 nitrogen and oxygen atoms in total. The molecule has 0 aliphatic heterocycles. The summed E-state index contributed by atoms with van der Waals surface area (Å²) in [5.74, 6) is -0.00102. The van der Waals surface area contributed by atoms with E-state index in [2.05, 4.69) is 10.6 Å². The summed E-state index contributed by atoms with van der Waals surface area (Å²) in [6.45, 7) is 1.32. The van der Waals surface area contributed by atoms with Crippen LogP contribution in [0.4, 0.5) is 0 Å². The average Bonchev–Trinajstić information content (AvgIpc) is 2.30. The molecule has 0 aromatic rings. The van der Waals surface area contributed by atoms with Gasteiger partial charge in [0.05, 0.1) is 6.54 Å². The molecular formula is C11H22N2O2. The number of hydrogen-bond donors (Lipinski definition) is 3. The Labute approximate surface area is 91.4 Å². The minimum absolute atomic E-state index is 0.00102. The van der Waals surface area contributed by atoms with Gasteiger partial charge in [-0.1, -0.05) is 19.3 Å². The van der Waals surface area contributed by atoms with Gasteiger partial charge in [-0.3, -0.25) is 4.79 Å². The van der Waals surface area contributed by atoms with E-state index in [4.69, 9.17) is 0 Å². The summed E-state index contributed by atoms with van der Waals surface area (Å²) >= 11 is 0. The Bertz CT molecular complexity index is 201. The highest BCUT2D eigenvalue weighted by molar-refractivity contribution is 5.77. The molecule has 0 spiro atoms. The second-order valence-corrected chi connectivity index (χ2v) is 4.50. The van der Waals surface area contributed by atoms with Gasteiger partial charge in [0, 0.05) is 25.6 Å². The molecular weight excluding hydrogens is 192 g/mol. The first-order valence-electron chi connectivity index (χ1n) is 5.75. The maximum absolute atomic E-state index is 11.0. The van der Waals surface area contributed by atoms with Crippen molar-refractivity contribution in [1.29, 1.82) is 0 Å². The van der Waals surface area contributed by atoms with Gasteiger partial charge in [-0.2, -0.15) is 0 Å². The Balaban J connectivity index is 2.29. The highest BCUT2D eigenvalue weighted by atomic mass is 16.3. The van der Waals surface area contributed by atoms with Gasteiger partial charge in [0.2, 0.25) is 5.91 Å². The summed E-state index contributed by atoms with van der Waals surface area (Å²) in [5, 5.41) is 15.1. The molecule has 0 aromatic carbocycles. The molecule has 15 heavy (non-hydrogen) atoms. The van der Waals surface area contributed by atoms with Crippen LogP contribution in [0.15, 0.2) is 0 Å². The van der Waals surface area contributed by atoms with E-state index in [1.807, 2.05) is 0 Å². The van der Waals surface area contributed by atoms with Crippen LogP contribution >= 0.6 is 0 Å². The minimum Gasteiger partial charge on any atom is -0.396 e. The van der Waals surface area contributed by atoms with Crippen LogP contribution in [-0.4, -0.2) is 37.8 Å². The van der Waals surface area contributed by atoms with Crippen molar-refractivity contribution in [3.63, 3.8) is 0 Å². The number of aliphatic hydroxyl groups is 1. The quantitative estimate of drug-likeness (QED) is 0.615. The van der Waals surface area contributed by atoms with E-state index in [-0.39, 0.29) is 17.9 Å². The Morgan fingerprint density at radius 1 is 1.33 bits per heavy atom. The van der Waals surface area contributed by atoms with Gasteiger partial charge >= 0.3 is 0 Å². The molecule has 0 atom stereocenters. The van der Waals surface area contributed by atoms with Gasteiger partial charge in [-0.15, -0.1) is 0 Å². The smallest absolute Gasteiger partial charge is 0.233 e. The molecule has 0 unspecified atom stereocenters. The lowest BCUT2D eigenvalue weighted by Crippen LogP contribution is -2.42. The van der Waals surface area contributed by atoms with Crippen molar-refractivity contribution >= 4 is 5.91 Å². The fourth-order valence-electron chi connectivity index (χ4n) is 2.22. The summed E-state index contributed by atoms with van der Waals surface area (Å²) in [6, 6.07) is 0. The molecule has 1 fully saturated rings. The van der Waals surface area contributed by atoms with Crippen LogP contribution in [0.1, 0.15) is 32.1 Å². The van der Waals surface area contributed by atoms with Crippen LogP contribution in [0.3, 0.4) is 0 Å². The van der Waals surface area contributed by atoms with Gasteiger partial charge < -0.3 is 15.7 Å². The third-order valence-electron chi connectivity index (χ3n) is 3.31. The maximum atomic E-state index is 11.0. The Morgan fingerprint density at radius 3 is 2.53 bits per heavy atom.